The summed E-state index contributed by atoms with van der Waals surface area (Å²) >= 11 is 0. The van der Waals surface area contributed by atoms with Gasteiger partial charge in [-0.25, -0.2) is 9.98 Å². The summed E-state index contributed by atoms with van der Waals surface area (Å²) in [6.07, 6.45) is 1.83. The van der Waals surface area contributed by atoms with Crippen molar-refractivity contribution in [3.05, 3.63) is 72.2 Å². The summed E-state index contributed by atoms with van der Waals surface area (Å²) in [6.45, 7) is 3.71. The van der Waals surface area contributed by atoms with Gasteiger partial charge in [-0.15, -0.1) is 0 Å². The molecule has 1 heterocycles. The number of aliphatic imine (C=N–C) groups is 1. The van der Waals surface area contributed by atoms with E-state index in [1.165, 1.54) is 0 Å². The molecule has 1 amide bonds. The van der Waals surface area contributed by atoms with E-state index >= 15 is 0 Å². The van der Waals surface area contributed by atoms with Crippen molar-refractivity contribution in [1.29, 1.82) is 0 Å². The molecule has 1 aromatic heterocycles. The molecule has 0 fully saturated rings. The number of benzene rings is 2. The minimum absolute atomic E-state index is 0.0379. The summed E-state index contributed by atoms with van der Waals surface area (Å²) in [7, 11) is 3.54. The van der Waals surface area contributed by atoms with Gasteiger partial charge < -0.3 is 25.3 Å². The molecule has 8 nitrogen and oxygen atoms in total. The summed E-state index contributed by atoms with van der Waals surface area (Å²) in [5.41, 5.74) is 3.05. The van der Waals surface area contributed by atoms with Crippen molar-refractivity contribution in [2.24, 2.45) is 4.99 Å². The third kappa shape index (κ3) is 6.60. The second-order valence-electron chi connectivity index (χ2n) is 7.26. The molecule has 0 spiro atoms. The Kier molecular flexibility index (Phi) is 8.25. The number of hydrogen-bond donors (Lipinski definition) is 3. The van der Waals surface area contributed by atoms with Gasteiger partial charge in [0.05, 0.1) is 25.5 Å². The van der Waals surface area contributed by atoms with E-state index in [1.54, 1.807) is 7.11 Å². The average molecular weight is 435 g/mol. The number of nitrogens with zero attached hydrogens (tertiary/aromatic N) is 3. The predicted octanol–water partition coefficient (Wildman–Crippen LogP) is 2.80. The highest BCUT2D eigenvalue weighted by Gasteiger charge is 2.11. The molecule has 0 bridgehead atoms. The first kappa shape index (κ1) is 22.9. The van der Waals surface area contributed by atoms with Crippen molar-refractivity contribution < 1.29 is 9.53 Å². The first-order chi connectivity index (χ1) is 15.6. The number of nitrogens with one attached hydrogen (secondary N) is 3. The van der Waals surface area contributed by atoms with Crippen LogP contribution in [0.5, 0.6) is 5.75 Å². The summed E-state index contributed by atoms with van der Waals surface area (Å²) in [6, 6.07) is 17.6. The third-order valence-corrected chi connectivity index (χ3v) is 4.82. The maximum Gasteiger partial charge on any atom is 0.242 e. The second kappa shape index (κ2) is 11.5. The Bertz CT molecular complexity index is 1010. The zero-order chi connectivity index (χ0) is 22.8. The van der Waals surface area contributed by atoms with E-state index in [0.717, 1.165) is 28.4 Å². The number of methoxy groups -OCH3 is 1. The first-order valence-electron chi connectivity index (χ1n) is 10.6. The smallest absolute Gasteiger partial charge is 0.242 e. The topological polar surface area (TPSA) is 94.6 Å². The van der Waals surface area contributed by atoms with Crippen molar-refractivity contribution in [3.63, 3.8) is 0 Å². The Morgan fingerprint density at radius 1 is 1.12 bits per heavy atom. The normalized spacial score (nSPS) is 11.2. The summed E-state index contributed by atoms with van der Waals surface area (Å²) in [5, 5.41) is 6.12. The summed E-state index contributed by atoms with van der Waals surface area (Å²) in [5.74, 6) is 2.11. The van der Waals surface area contributed by atoms with Crippen LogP contribution in [0.4, 0.5) is 0 Å². The van der Waals surface area contributed by atoms with Gasteiger partial charge in [0.1, 0.15) is 18.1 Å². The van der Waals surface area contributed by atoms with E-state index in [2.05, 4.69) is 25.6 Å². The van der Waals surface area contributed by atoms with Crippen LogP contribution in [0, 0.1) is 0 Å². The highest BCUT2D eigenvalue weighted by Crippen LogP contribution is 2.16. The molecular formula is C24H30N6O2. The molecule has 0 radical (unpaired) electrons. The lowest BCUT2D eigenvalue weighted by Crippen LogP contribution is -2.39. The first-order valence-corrected chi connectivity index (χ1v) is 10.6. The number of carbonyl (C=O) groups is 1. The Morgan fingerprint density at radius 2 is 1.88 bits per heavy atom. The van der Waals surface area contributed by atoms with Crippen LogP contribution in [0.25, 0.3) is 11.3 Å². The second-order valence-corrected chi connectivity index (χ2v) is 7.26. The van der Waals surface area contributed by atoms with Crippen molar-refractivity contribution in [3.8, 4) is 17.0 Å². The molecule has 3 N–H and O–H groups in total. The molecule has 0 aliphatic heterocycles. The van der Waals surface area contributed by atoms with E-state index in [4.69, 9.17) is 4.74 Å². The standard InChI is InChI=1S/C24H30N6O2/c1-4-25-24(28-16-23(31)27-14-18-10-12-20(32-3)13-11-18)30(2)17-22-26-15-21(29-22)19-8-6-5-7-9-19/h5-13,15H,4,14,16-17H2,1-3H3,(H,25,28)(H,26,29)(H,27,31). The van der Waals surface area contributed by atoms with Gasteiger partial charge in [0.15, 0.2) is 5.96 Å². The Balaban J connectivity index is 1.54. The number of guanidine groups is 1. The number of rotatable bonds is 9. The van der Waals surface area contributed by atoms with Crippen molar-refractivity contribution in [2.75, 3.05) is 27.2 Å². The molecule has 0 saturated heterocycles. The lowest BCUT2D eigenvalue weighted by atomic mass is 10.2. The number of H-pyrrole nitrogens is 1. The van der Waals surface area contributed by atoms with Crippen LogP contribution in [0.3, 0.4) is 0 Å². The zero-order valence-corrected chi connectivity index (χ0v) is 18.8. The quantitative estimate of drug-likeness (QED) is 0.356. The van der Waals surface area contributed by atoms with Crippen LogP contribution >= 0.6 is 0 Å². The number of imidazole rings is 1. The van der Waals surface area contributed by atoms with Gasteiger partial charge in [0.25, 0.3) is 0 Å². The van der Waals surface area contributed by atoms with Crippen LogP contribution in [0.15, 0.2) is 65.8 Å². The third-order valence-electron chi connectivity index (χ3n) is 4.82. The van der Waals surface area contributed by atoms with E-state index in [0.29, 0.717) is 25.6 Å². The van der Waals surface area contributed by atoms with Gasteiger partial charge in [0, 0.05) is 20.1 Å². The van der Waals surface area contributed by atoms with E-state index in [9.17, 15) is 4.79 Å². The van der Waals surface area contributed by atoms with E-state index in [-0.39, 0.29) is 12.5 Å². The number of ether oxygens (including phenoxy) is 1. The molecule has 0 unspecified atom stereocenters. The van der Waals surface area contributed by atoms with Gasteiger partial charge in [-0.1, -0.05) is 42.5 Å². The summed E-state index contributed by atoms with van der Waals surface area (Å²) in [4.78, 5) is 26.5. The van der Waals surface area contributed by atoms with Crippen molar-refractivity contribution in [2.45, 2.75) is 20.0 Å². The Labute approximate surface area is 188 Å². The number of amides is 1. The van der Waals surface area contributed by atoms with Crippen molar-refractivity contribution in [1.82, 2.24) is 25.5 Å². The minimum Gasteiger partial charge on any atom is -0.497 e. The number of aromatic amines is 1. The van der Waals surface area contributed by atoms with Crippen LogP contribution in [-0.4, -0.2) is 54.0 Å². The molecule has 0 saturated carbocycles. The fourth-order valence-electron chi connectivity index (χ4n) is 3.12. The Morgan fingerprint density at radius 3 is 2.56 bits per heavy atom. The molecule has 32 heavy (non-hydrogen) atoms. The molecule has 168 valence electrons. The number of aromatic nitrogens is 2. The molecule has 0 aliphatic carbocycles. The van der Waals surface area contributed by atoms with E-state index < -0.39 is 0 Å². The molecule has 3 aromatic rings. The van der Waals surface area contributed by atoms with E-state index in [1.807, 2.05) is 79.7 Å². The van der Waals surface area contributed by atoms with Crippen LogP contribution in [-0.2, 0) is 17.9 Å². The molecule has 8 heteroatoms. The van der Waals surface area contributed by atoms with Gasteiger partial charge in [-0.3, -0.25) is 4.79 Å². The molecule has 3 rings (SSSR count). The van der Waals surface area contributed by atoms with Gasteiger partial charge >= 0.3 is 0 Å². The maximum atomic E-state index is 12.3. The average Bonchev–Trinajstić information content (AvgIpc) is 3.29. The number of hydrogen-bond acceptors (Lipinski definition) is 4. The SMILES string of the molecule is CCNC(=NCC(=O)NCc1ccc(OC)cc1)N(C)Cc1ncc(-c2ccccc2)[nH]1. The van der Waals surface area contributed by atoms with Gasteiger partial charge in [-0.2, -0.15) is 0 Å². The Hall–Kier alpha value is -3.81. The lowest BCUT2D eigenvalue weighted by Gasteiger charge is -2.21. The van der Waals surface area contributed by atoms with Gasteiger partial charge in [0.2, 0.25) is 5.91 Å². The maximum absolute atomic E-state index is 12.3. The molecular weight excluding hydrogens is 404 g/mol. The van der Waals surface area contributed by atoms with Crippen molar-refractivity contribution >= 4 is 11.9 Å². The van der Waals surface area contributed by atoms with Crippen LogP contribution < -0.4 is 15.4 Å². The predicted molar refractivity (Wildman–Crippen MR) is 126 cm³/mol. The highest BCUT2D eigenvalue weighted by molar-refractivity contribution is 5.84. The zero-order valence-electron chi connectivity index (χ0n) is 18.8. The van der Waals surface area contributed by atoms with Gasteiger partial charge in [-0.05, 0) is 30.2 Å². The fraction of sp³-hybridized carbons (Fsp3) is 0.292. The monoisotopic (exact) mass is 434 g/mol. The summed E-state index contributed by atoms with van der Waals surface area (Å²) < 4.78 is 5.15. The lowest BCUT2D eigenvalue weighted by molar-refractivity contribution is -0.119. The minimum atomic E-state index is -0.144. The highest BCUT2D eigenvalue weighted by atomic mass is 16.5. The van der Waals surface area contributed by atoms with Crippen LogP contribution in [0.1, 0.15) is 18.3 Å². The fourth-order valence-corrected chi connectivity index (χ4v) is 3.12. The largest absolute Gasteiger partial charge is 0.497 e. The number of carbonyl (C=O) groups excluding carboxylic acids is 1. The molecule has 2 aromatic carbocycles. The molecule has 0 atom stereocenters. The van der Waals surface area contributed by atoms with Crippen LogP contribution in [0.2, 0.25) is 0 Å². The molecule has 0 aliphatic rings.